The number of primary amides is 1. The molecule has 4 N–H and O–H groups in total. The number of carbonyl (C=O) groups excluding carboxylic acids is 1. The Bertz CT molecular complexity index is 610. The van der Waals surface area contributed by atoms with Gasteiger partial charge < -0.3 is 16.4 Å². The number of anilines is 2. The zero-order valence-electron chi connectivity index (χ0n) is 10.8. The summed E-state index contributed by atoms with van der Waals surface area (Å²) in [7, 11) is 1.85. The van der Waals surface area contributed by atoms with Crippen molar-refractivity contribution in [2.75, 3.05) is 17.7 Å². The maximum atomic E-state index is 11.4. The number of amides is 1. The molecule has 1 amide bonds. The van der Waals surface area contributed by atoms with E-state index < -0.39 is 5.91 Å². The molecule has 0 aromatic carbocycles. The number of hydrogen-bond donors (Lipinski definition) is 2. The van der Waals surface area contributed by atoms with E-state index in [-0.39, 0.29) is 11.4 Å². The molecule has 0 aliphatic carbocycles. The normalized spacial score (nSPS) is 10.4. The molecule has 0 unspecified atom stereocenters. The summed E-state index contributed by atoms with van der Waals surface area (Å²) in [6.07, 6.45) is 0. The van der Waals surface area contributed by atoms with E-state index >= 15 is 0 Å². The largest absolute Gasteiger partial charge is 0.382 e. The number of carbonyl (C=O) groups is 1. The lowest BCUT2D eigenvalue weighted by Crippen LogP contribution is -2.21. The van der Waals surface area contributed by atoms with Gasteiger partial charge in [-0.15, -0.1) is 0 Å². The summed E-state index contributed by atoms with van der Waals surface area (Å²) in [6.45, 7) is 2.49. The van der Waals surface area contributed by atoms with Crippen LogP contribution in [-0.4, -0.2) is 22.3 Å². The number of hydrogen-bond acceptors (Lipinski definition) is 6. The molecule has 0 fully saturated rings. The molecule has 6 nitrogen and oxygen atoms in total. The third-order valence-corrected chi connectivity index (χ3v) is 3.62. The fourth-order valence-corrected chi connectivity index (χ4v) is 2.56. The molecule has 2 heterocycles. The smallest absolute Gasteiger partial charge is 0.255 e. The summed E-state index contributed by atoms with van der Waals surface area (Å²) in [5, 5.41) is 0.660. The number of nitrogens with two attached hydrogens (primary N) is 2. The monoisotopic (exact) mass is 277 g/mol. The van der Waals surface area contributed by atoms with Gasteiger partial charge in [-0.05, 0) is 30.6 Å². The Kier molecular flexibility index (Phi) is 3.66. The van der Waals surface area contributed by atoms with Gasteiger partial charge in [0.15, 0.2) is 5.82 Å². The Balaban J connectivity index is 2.25. The van der Waals surface area contributed by atoms with Crippen LogP contribution in [0.1, 0.15) is 21.7 Å². The van der Waals surface area contributed by atoms with Gasteiger partial charge in [0, 0.05) is 12.7 Å². The average Bonchev–Trinajstić information content (AvgIpc) is 2.71. The minimum Gasteiger partial charge on any atom is -0.382 e. The summed E-state index contributed by atoms with van der Waals surface area (Å²) in [5.41, 5.74) is 13.1. The summed E-state index contributed by atoms with van der Waals surface area (Å²) in [6, 6.07) is 5.81. The lowest BCUT2D eigenvalue weighted by molar-refractivity contribution is 0.100. The maximum absolute atomic E-state index is 11.4. The minimum atomic E-state index is -0.565. The molecule has 100 valence electrons. The Labute approximate surface area is 115 Å². The molecule has 0 spiro atoms. The molecule has 0 radical (unpaired) electrons. The first-order valence-corrected chi connectivity index (χ1v) is 6.45. The second-order valence-electron chi connectivity index (χ2n) is 4.24. The van der Waals surface area contributed by atoms with Gasteiger partial charge >= 0.3 is 0 Å². The molecule has 0 aliphatic rings. The molecule has 2 aromatic rings. The van der Waals surface area contributed by atoms with E-state index in [2.05, 4.69) is 9.36 Å². The highest BCUT2D eigenvalue weighted by Gasteiger charge is 2.20. The third kappa shape index (κ3) is 2.82. The van der Waals surface area contributed by atoms with Gasteiger partial charge in [0.1, 0.15) is 10.6 Å². The van der Waals surface area contributed by atoms with Crippen molar-refractivity contribution < 1.29 is 4.79 Å². The van der Waals surface area contributed by atoms with Crippen molar-refractivity contribution in [3.05, 3.63) is 35.2 Å². The molecule has 19 heavy (non-hydrogen) atoms. The molecule has 7 heteroatoms. The second kappa shape index (κ2) is 5.23. The van der Waals surface area contributed by atoms with E-state index in [4.69, 9.17) is 11.5 Å². The Hall–Kier alpha value is -2.15. The molecule has 2 aromatic heterocycles. The van der Waals surface area contributed by atoms with E-state index in [1.807, 2.05) is 37.1 Å². The third-order valence-electron chi connectivity index (χ3n) is 2.64. The van der Waals surface area contributed by atoms with Gasteiger partial charge in [-0.2, -0.15) is 4.37 Å². The van der Waals surface area contributed by atoms with E-state index in [0.29, 0.717) is 11.5 Å². The molecule has 2 rings (SSSR count). The topological polar surface area (TPSA) is 98.1 Å². The van der Waals surface area contributed by atoms with Crippen LogP contribution in [0.3, 0.4) is 0 Å². The predicted octanol–water partition coefficient (Wildman–Crippen LogP) is 1.16. The van der Waals surface area contributed by atoms with Gasteiger partial charge in [0.25, 0.3) is 5.91 Å². The Morgan fingerprint density at radius 3 is 2.84 bits per heavy atom. The van der Waals surface area contributed by atoms with Crippen LogP contribution in [0.2, 0.25) is 0 Å². The lowest BCUT2D eigenvalue weighted by Gasteiger charge is -2.17. The summed E-state index contributed by atoms with van der Waals surface area (Å²) in [5.74, 6) is -0.387. The predicted molar refractivity (Wildman–Crippen MR) is 76.1 cm³/mol. The molecular formula is C12H15N5OS. The molecule has 0 atom stereocenters. The van der Waals surface area contributed by atoms with Gasteiger partial charge in [0.2, 0.25) is 0 Å². The first-order valence-electron chi connectivity index (χ1n) is 5.67. The minimum absolute atomic E-state index is 0.177. The fraction of sp³-hybridized carbons (Fsp3) is 0.250. The molecule has 0 saturated carbocycles. The van der Waals surface area contributed by atoms with E-state index in [1.165, 1.54) is 0 Å². The van der Waals surface area contributed by atoms with E-state index in [1.54, 1.807) is 0 Å². The quantitative estimate of drug-likeness (QED) is 0.874. The van der Waals surface area contributed by atoms with Crippen molar-refractivity contribution >= 4 is 28.3 Å². The van der Waals surface area contributed by atoms with Gasteiger partial charge in [-0.3, -0.25) is 9.78 Å². The standard InChI is InChI=1S/C12H15N5OS/c1-7-4-3-5-8(15-7)6-17(2)12-9(11(14)18)10(13)16-19-12/h3-5H,6H2,1-2H3,(H2,13,16)(H2,14,18). The second-order valence-corrected chi connectivity index (χ2v) is 4.99. The number of rotatable bonds is 4. The Morgan fingerprint density at radius 2 is 2.21 bits per heavy atom. The van der Waals surface area contributed by atoms with Crippen molar-refractivity contribution in [1.82, 2.24) is 9.36 Å². The van der Waals surface area contributed by atoms with Crippen molar-refractivity contribution in [2.45, 2.75) is 13.5 Å². The van der Waals surface area contributed by atoms with Crippen molar-refractivity contribution in [3.63, 3.8) is 0 Å². The van der Waals surface area contributed by atoms with E-state index in [0.717, 1.165) is 22.9 Å². The van der Waals surface area contributed by atoms with Crippen molar-refractivity contribution in [2.24, 2.45) is 5.73 Å². The van der Waals surface area contributed by atoms with Crippen LogP contribution in [-0.2, 0) is 6.54 Å². The maximum Gasteiger partial charge on any atom is 0.255 e. The summed E-state index contributed by atoms with van der Waals surface area (Å²) < 4.78 is 3.97. The van der Waals surface area contributed by atoms with Gasteiger partial charge in [-0.25, -0.2) is 0 Å². The zero-order chi connectivity index (χ0) is 14.0. The van der Waals surface area contributed by atoms with Crippen LogP contribution < -0.4 is 16.4 Å². The lowest BCUT2D eigenvalue weighted by atomic mass is 10.2. The van der Waals surface area contributed by atoms with Crippen LogP contribution in [0.25, 0.3) is 0 Å². The average molecular weight is 277 g/mol. The summed E-state index contributed by atoms with van der Waals surface area (Å²) in [4.78, 5) is 17.7. The first kappa shape index (κ1) is 13.3. The van der Waals surface area contributed by atoms with Gasteiger partial charge in [0.05, 0.1) is 12.2 Å². The van der Waals surface area contributed by atoms with Crippen LogP contribution in [0.15, 0.2) is 18.2 Å². The van der Waals surface area contributed by atoms with Crippen molar-refractivity contribution in [3.8, 4) is 0 Å². The number of nitrogens with zero attached hydrogens (tertiary/aromatic N) is 3. The first-order chi connectivity index (χ1) is 8.99. The Morgan fingerprint density at radius 1 is 1.47 bits per heavy atom. The number of aryl methyl sites for hydroxylation is 1. The highest BCUT2D eigenvalue weighted by molar-refractivity contribution is 7.11. The SMILES string of the molecule is Cc1cccc(CN(C)c2snc(N)c2C(N)=O)n1. The zero-order valence-corrected chi connectivity index (χ0v) is 11.6. The number of aromatic nitrogens is 2. The van der Waals surface area contributed by atoms with Crippen LogP contribution in [0.5, 0.6) is 0 Å². The fourth-order valence-electron chi connectivity index (χ4n) is 1.79. The highest BCUT2D eigenvalue weighted by Crippen LogP contribution is 2.30. The highest BCUT2D eigenvalue weighted by atomic mass is 32.1. The molecule has 0 saturated heterocycles. The van der Waals surface area contributed by atoms with Gasteiger partial charge in [-0.1, -0.05) is 6.07 Å². The molecule has 0 aliphatic heterocycles. The van der Waals surface area contributed by atoms with Crippen LogP contribution in [0, 0.1) is 6.92 Å². The van der Waals surface area contributed by atoms with Crippen LogP contribution >= 0.6 is 11.5 Å². The van der Waals surface area contributed by atoms with Crippen molar-refractivity contribution in [1.29, 1.82) is 0 Å². The molecular weight excluding hydrogens is 262 g/mol. The van der Waals surface area contributed by atoms with Crippen LogP contribution in [0.4, 0.5) is 10.8 Å². The number of pyridine rings is 1. The number of nitrogen functional groups attached to an aromatic ring is 1. The van der Waals surface area contributed by atoms with E-state index in [9.17, 15) is 4.79 Å². The summed E-state index contributed by atoms with van der Waals surface area (Å²) >= 11 is 1.16. The molecule has 0 bridgehead atoms.